The normalized spacial score (nSPS) is 10.7. The lowest BCUT2D eigenvalue weighted by atomic mass is 10.2. The Balaban J connectivity index is 2.21. The van der Waals surface area contributed by atoms with Gasteiger partial charge >= 0.3 is 5.97 Å². The molecule has 0 saturated heterocycles. The molecule has 0 fully saturated rings. The molecule has 0 bridgehead atoms. The van der Waals surface area contributed by atoms with Gasteiger partial charge < -0.3 is 9.52 Å². The van der Waals surface area contributed by atoms with Gasteiger partial charge in [-0.2, -0.15) is 5.10 Å². The standard InChI is InChI=1S/C14H11N3O3/c1-9-4-5-15-13(7-9)17-11(12-3-2-6-20-12)8-10(16-17)14(18)19/h2-8H,1H3,(H,18,19). The van der Waals surface area contributed by atoms with E-state index in [-0.39, 0.29) is 5.69 Å². The summed E-state index contributed by atoms with van der Waals surface area (Å²) >= 11 is 0. The minimum absolute atomic E-state index is 0.0558. The monoisotopic (exact) mass is 269 g/mol. The van der Waals surface area contributed by atoms with Gasteiger partial charge in [0, 0.05) is 12.3 Å². The lowest BCUT2D eigenvalue weighted by Crippen LogP contribution is -2.04. The molecule has 0 saturated carbocycles. The maximum absolute atomic E-state index is 11.1. The van der Waals surface area contributed by atoms with Crippen LogP contribution in [-0.2, 0) is 0 Å². The Hall–Kier alpha value is -2.89. The summed E-state index contributed by atoms with van der Waals surface area (Å²) < 4.78 is 6.79. The first kappa shape index (κ1) is 12.2. The van der Waals surface area contributed by atoms with Gasteiger partial charge in [0.15, 0.2) is 17.3 Å². The fourth-order valence-electron chi connectivity index (χ4n) is 1.90. The molecular formula is C14H11N3O3. The third-order valence-corrected chi connectivity index (χ3v) is 2.82. The molecule has 6 nitrogen and oxygen atoms in total. The molecule has 3 aromatic heterocycles. The van der Waals surface area contributed by atoms with Crippen molar-refractivity contribution in [1.29, 1.82) is 0 Å². The third kappa shape index (κ3) is 2.07. The number of carboxylic acid groups (broad SMARTS) is 1. The highest BCUT2D eigenvalue weighted by Gasteiger charge is 2.18. The Labute approximate surface area is 114 Å². The fraction of sp³-hybridized carbons (Fsp3) is 0.0714. The van der Waals surface area contributed by atoms with E-state index < -0.39 is 5.97 Å². The topological polar surface area (TPSA) is 81.2 Å². The number of pyridine rings is 1. The predicted molar refractivity (Wildman–Crippen MR) is 70.8 cm³/mol. The van der Waals surface area contributed by atoms with Crippen molar-refractivity contribution in [2.45, 2.75) is 6.92 Å². The minimum Gasteiger partial charge on any atom is -0.476 e. The Kier molecular flexibility index (Phi) is 2.83. The van der Waals surface area contributed by atoms with E-state index in [1.165, 1.54) is 17.0 Å². The second-order valence-corrected chi connectivity index (χ2v) is 4.30. The molecule has 1 N–H and O–H groups in total. The molecule has 3 aromatic rings. The summed E-state index contributed by atoms with van der Waals surface area (Å²) in [5.74, 6) is -0.0126. The van der Waals surface area contributed by atoms with Crippen LogP contribution in [0.4, 0.5) is 0 Å². The molecule has 3 heterocycles. The number of furan rings is 1. The molecule has 20 heavy (non-hydrogen) atoms. The summed E-state index contributed by atoms with van der Waals surface area (Å²) in [6, 6.07) is 8.62. The molecule has 3 rings (SSSR count). The molecule has 0 aliphatic carbocycles. The van der Waals surface area contributed by atoms with Crippen molar-refractivity contribution in [2.75, 3.05) is 0 Å². The Morgan fingerprint density at radius 2 is 2.20 bits per heavy atom. The molecule has 0 radical (unpaired) electrons. The lowest BCUT2D eigenvalue weighted by molar-refractivity contribution is 0.0690. The van der Waals surface area contributed by atoms with Crippen LogP contribution in [0.3, 0.4) is 0 Å². The van der Waals surface area contributed by atoms with Crippen LogP contribution in [0.1, 0.15) is 16.1 Å². The van der Waals surface area contributed by atoms with Gasteiger partial charge in [0.1, 0.15) is 5.69 Å². The molecular weight excluding hydrogens is 258 g/mol. The van der Waals surface area contributed by atoms with Crippen LogP contribution in [0.15, 0.2) is 47.2 Å². The average Bonchev–Trinajstić information content (AvgIpc) is 3.07. The summed E-state index contributed by atoms with van der Waals surface area (Å²) in [6.07, 6.45) is 3.18. The Morgan fingerprint density at radius 3 is 2.85 bits per heavy atom. The van der Waals surface area contributed by atoms with Crippen molar-refractivity contribution in [3.8, 4) is 17.3 Å². The van der Waals surface area contributed by atoms with Gasteiger partial charge in [0.25, 0.3) is 0 Å². The average molecular weight is 269 g/mol. The smallest absolute Gasteiger partial charge is 0.356 e. The van der Waals surface area contributed by atoms with E-state index in [0.29, 0.717) is 17.3 Å². The van der Waals surface area contributed by atoms with Gasteiger partial charge in [-0.1, -0.05) is 0 Å². The second-order valence-electron chi connectivity index (χ2n) is 4.30. The Morgan fingerprint density at radius 1 is 1.35 bits per heavy atom. The van der Waals surface area contributed by atoms with E-state index >= 15 is 0 Å². The summed E-state index contributed by atoms with van der Waals surface area (Å²) in [7, 11) is 0. The van der Waals surface area contributed by atoms with Crippen LogP contribution in [-0.4, -0.2) is 25.8 Å². The summed E-state index contributed by atoms with van der Waals surface area (Å²) in [4.78, 5) is 15.3. The van der Waals surface area contributed by atoms with Gasteiger partial charge in [-0.25, -0.2) is 14.5 Å². The highest BCUT2D eigenvalue weighted by molar-refractivity contribution is 5.86. The van der Waals surface area contributed by atoms with E-state index in [4.69, 9.17) is 9.52 Å². The quantitative estimate of drug-likeness (QED) is 0.790. The maximum Gasteiger partial charge on any atom is 0.356 e. The van der Waals surface area contributed by atoms with Crippen molar-refractivity contribution in [3.63, 3.8) is 0 Å². The maximum atomic E-state index is 11.1. The van der Waals surface area contributed by atoms with Crippen LogP contribution in [0.2, 0.25) is 0 Å². The highest BCUT2D eigenvalue weighted by Crippen LogP contribution is 2.24. The number of carbonyl (C=O) groups is 1. The van der Waals surface area contributed by atoms with Gasteiger partial charge in [-0.05, 0) is 36.8 Å². The van der Waals surface area contributed by atoms with Gasteiger partial charge in [-0.3, -0.25) is 0 Å². The lowest BCUT2D eigenvalue weighted by Gasteiger charge is -2.04. The van der Waals surface area contributed by atoms with E-state index in [2.05, 4.69) is 10.1 Å². The van der Waals surface area contributed by atoms with Crippen molar-refractivity contribution < 1.29 is 14.3 Å². The number of rotatable bonds is 3. The number of hydrogen-bond donors (Lipinski definition) is 1. The summed E-state index contributed by atoms with van der Waals surface area (Å²) in [5, 5.41) is 13.2. The molecule has 0 aliphatic rings. The van der Waals surface area contributed by atoms with Crippen molar-refractivity contribution in [2.24, 2.45) is 0 Å². The largest absolute Gasteiger partial charge is 0.476 e. The first-order chi connectivity index (χ1) is 9.65. The first-order valence-corrected chi connectivity index (χ1v) is 5.95. The number of aryl methyl sites for hydroxylation is 1. The second kappa shape index (κ2) is 4.65. The van der Waals surface area contributed by atoms with Crippen molar-refractivity contribution >= 4 is 5.97 Å². The van der Waals surface area contributed by atoms with Crippen LogP contribution < -0.4 is 0 Å². The highest BCUT2D eigenvalue weighted by atomic mass is 16.4. The predicted octanol–water partition coefficient (Wildman–Crippen LogP) is 2.53. The van der Waals surface area contributed by atoms with Crippen LogP contribution >= 0.6 is 0 Å². The molecule has 0 amide bonds. The first-order valence-electron chi connectivity index (χ1n) is 5.95. The zero-order chi connectivity index (χ0) is 14.1. The Bertz CT molecular complexity index is 760. The van der Waals surface area contributed by atoms with E-state index in [1.54, 1.807) is 18.3 Å². The fourth-order valence-corrected chi connectivity index (χ4v) is 1.90. The molecule has 0 aromatic carbocycles. The SMILES string of the molecule is Cc1ccnc(-n2nc(C(=O)O)cc2-c2ccco2)c1. The number of hydrogen-bond acceptors (Lipinski definition) is 4. The van der Waals surface area contributed by atoms with E-state index in [1.807, 2.05) is 19.1 Å². The number of nitrogens with zero attached hydrogens (tertiary/aromatic N) is 3. The van der Waals surface area contributed by atoms with Gasteiger partial charge in [0.2, 0.25) is 0 Å². The molecule has 0 atom stereocenters. The number of aromatic carboxylic acids is 1. The van der Waals surface area contributed by atoms with E-state index in [9.17, 15) is 4.79 Å². The number of carboxylic acids is 1. The molecule has 0 spiro atoms. The third-order valence-electron chi connectivity index (χ3n) is 2.82. The van der Waals surface area contributed by atoms with Crippen LogP contribution in [0.25, 0.3) is 17.3 Å². The zero-order valence-electron chi connectivity index (χ0n) is 10.6. The molecule has 100 valence electrons. The van der Waals surface area contributed by atoms with Gasteiger partial charge in [-0.15, -0.1) is 0 Å². The number of aromatic nitrogens is 3. The van der Waals surface area contributed by atoms with Crippen LogP contribution in [0, 0.1) is 6.92 Å². The molecule has 0 unspecified atom stereocenters. The zero-order valence-corrected chi connectivity index (χ0v) is 10.6. The summed E-state index contributed by atoms with van der Waals surface area (Å²) in [6.45, 7) is 1.93. The van der Waals surface area contributed by atoms with Crippen LogP contribution in [0.5, 0.6) is 0 Å². The van der Waals surface area contributed by atoms with Gasteiger partial charge in [0.05, 0.1) is 6.26 Å². The molecule has 0 aliphatic heterocycles. The van der Waals surface area contributed by atoms with Crippen molar-refractivity contribution in [3.05, 3.63) is 54.0 Å². The van der Waals surface area contributed by atoms with E-state index in [0.717, 1.165) is 5.56 Å². The minimum atomic E-state index is -1.09. The summed E-state index contributed by atoms with van der Waals surface area (Å²) in [5.41, 5.74) is 1.50. The van der Waals surface area contributed by atoms with Crippen molar-refractivity contribution in [1.82, 2.24) is 14.8 Å². The molecule has 6 heteroatoms.